The minimum atomic E-state index is 0.606. The standard InChI is InChI=1S/C8H15N/c1-4-6-7-9-8(3)5-2/h6,8-9H,1,5,7H2,2-3H3/t8-/m0/s1. The van der Waals surface area contributed by atoms with E-state index in [1.165, 1.54) is 6.42 Å². The van der Waals surface area contributed by atoms with Gasteiger partial charge in [0, 0.05) is 12.6 Å². The first-order chi connectivity index (χ1) is 4.31. The molecule has 0 radical (unpaired) electrons. The summed E-state index contributed by atoms with van der Waals surface area (Å²) in [6.07, 6.45) is 3.07. The Morgan fingerprint density at radius 3 is 2.89 bits per heavy atom. The van der Waals surface area contributed by atoms with E-state index in [4.69, 9.17) is 0 Å². The van der Waals surface area contributed by atoms with E-state index < -0.39 is 0 Å². The lowest BCUT2D eigenvalue weighted by atomic mass is 10.3. The van der Waals surface area contributed by atoms with Crippen LogP contribution < -0.4 is 5.32 Å². The minimum Gasteiger partial charge on any atom is -0.310 e. The quantitative estimate of drug-likeness (QED) is 0.564. The number of nitrogens with one attached hydrogen (secondary N) is 1. The van der Waals surface area contributed by atoms with Crippen molar-refractivity contribution in [1.29, 1.82) is 0 Å². The minimum absolute atomic E-state index is 0.606. The average Bonchev–Trinajstić information content (AvgIpc) is 1.89. The van der Waals surface area contributed by atoms with Crippen LogP contribution in [-0.2, 0) is 0 Å². The van der Waals surface area contributed by atoms with Crippen LogP contribution in [0.3, 0.4) is 0 Å². The molecule has 1 nitrogen and oxygen atoms in total. The molecule has 1 N–H and O–H groups in total. The summed E-state index contributed by atoms with van der Waals surface area (Å²) in [5, 5.41) is 3.28. The molecule has 0 aliphatic carbocycles. The first-order valence-electron chi connectivity index (χ1n) is 3.39. The van der Waals surface area contributed by atoms with Gasteiger partial charge in [0.2, 0.25) is 0 Å². The summed E-state index contributed by atoms with van der Waals surface area (Å²) in [5.41, 5.74) is 2.71. The maximum Gasteiger partial charge on any atom is 0.0212 e. The molecule has 0 aliphatic heterocycles. The van der Waals surface area contributed by atoms with Crippen LogP contribution in [0, 0.1) is 0 Å². The van der Waals surface area contributed by atoms with Gasteiger partial charge in [0.15, 0.2) is 0 Å². The Morgan fingerprint density at radius 2 is 2.44 bits per heavy atom. The fourth-order valence-electron chi connectivity index (χ4n) is 0.477. The zero-order chi connectivity index (χ0) is 7.11. The molecule has 0 heterocycles. The van der Waals surface area contributed by atoms with E-state index in [0.29, 0.717) is 6.04 Å². The van der Waals surface area contributed by atoms with Crippen LogP contribution in [0.1, 0.15) is 20.3 Å². The van der Waals surface area contributed by atoms with Gasteiger partial charge < -0.3 is 5.32 Å². The Morgan fingerprint density at radius 1 is 1.78 bits per heavy atom. The summed E-state index contributed by atoms with van der Waals surface area (Å²) in [5.74, 6) is 0. The number of rotatable bonds is 4. The zero-order valence-corrected chi connectivity index (χ0v) is 6.28. The van der Waals surface area contributed by atoms with Gasteiger partial charge in [-0.15, -0.1) is 5.73 Å². The van der Waals surface area contributed by atoms with E-state index in [0.717, 1.165) is 6.54 Å². The van der Waals surface area contributed by atoms with Crippen molar-refractivity contribution in [2.45, 2.75) is 26.3 Å². The van der Waals surface area contributed by atoms with Crippen LogP contribution in [-0.4, -0.2) is 12.6 Å². The van der Waals surface area contributed by atoms with Gasteiger partial charge in [-0.05, 0) is 19.4 Å². The SMILES string of the molecule is C=C=CCN[C@@H](C)CC. The zero-order valence-electron chi connectivity index (χ0n) is 6.28. The van der Waals surface area contributed by atoms with Crippen molar-refractivity contribution in [2.24, 2.45) is 0 Å². The molecule has 52 valence electrons. The van der Waals surface area contributed by atoms with Crippen LogP contribution in [0.2, 0.25) is 0 Å². The van der Waals surface area contributed by atoms with Crippen molar-refractivity contribution in [3.8, 4) is 0 Å². The summed E-state index contributed by atoms with van der Waals surface area (Å²) in [4.78, 5) is 0. The second-order valence-electron chi connectivity index (χ2n) is 2.13. The molecule has 0 rings (SSSR count). The topological polar surface area (TPSA) is 12.0 Å². The Bertz CT molecular complexity index is 101. The van der Waals surface area contributed by atoms with Crippen molar-refractivity contribution in [3.05, 3.63) is 18.4 Å². The van der Waals surface area contributed by atoms with E-state index in [1.807, 2.05) is 6.08 Å². The maximum absolute atomic E-state index is 3.46. The highest BCUT2D eigenvalue weighted by atomic mass is 14.9. The third kappa shape index (κ3) is 5.35. The average molecular weight is 125 g/mol. The second-order valence-corrected chi connectivity index (χ2v) is 2.13. The lowest BCUT2D eigenvalue weighted by Gasteiger charge is -2.06. The molecule has 0 saturated heterocycles. The van der Waals surface area contributed by atoms with Crippen molar-refractivity contribution in [3.63, 3.8) is 0 Å². The fourth-order valence-corrected chi connectivity index (χ4v) is 0.477. The predicted octanol–water partition coefficient (Wildman–Crippen LogP) is 1.72. The van der Waals surface area contributed by atoms with E-state index in [-0.39, 0.29) is 0 Å². The normalized spacial score (nSPS) is 12.2. The van der Waals surface area contributed by atoms with Crippen LogP contribution in [0.5, 0.6) is 0 Å². The lowest BCUT2D eigenvalue weighted by Crippen LogP contribution is -2.24. The molecule has 0 aromatic heterocycles. The van der Waals surface area contributed by atoms with Gasteiger partial charge in [0.1, 0.15) is 0 Å². The Labute approximate surface area is 57.5 Å². The number of hydrogen-bond acceptors (Lipinski definition) is 1. The van der Waals surface area contributed by atoms with E-state index >= 15 is 0 Å². The third-order valence-corrected chi connectivity index (χ3v) is 1.33. The number of hydrogen-bond donors (Lipinski definition) is 1. The monoisotopic (exact) mass is 125 g/mol. The van der Waals surface area contributed by atoms with E-state index in [2.05, 4.69) is 31.5 Å². The summed E-state index contributed by atoms with van der Waals surface area (Å²) in [6.45, 7) is 8.68. The molecule has 0 saturated carbocycles. The molecule has 0 fully saturated rings. The third-order valence-electron chi connectivity index (χ3n) is 1.33. The van der Waals surface area contributed by atoms with Crippen LogP contribution in [0.15, 0.2) is 18.4 Å². The molecule has 1 heteroatoms. The first-order valence-corrected chi connectivity index (χ1v) is 3.39. The molecular weight excluding hydrogens is 110 g/mol. The van der Waals surface area contributed by atoms with Crippen molar-refractivity contribution in [2.75, 3.05) is 6.54 Å². The smallest absolute Gasteiger partial charge is 0.0212 e. The van der Waals surface area contributed by atoms with Gasteiger partial charge in [0.05, 0.1) is 0 Å². The molecule has 0 amide bonds. The second kappa shape index (κ2) is 5.61. The van der Waals surface area contributed by atoms with Crippen molar-refractivity contribution >= 4 is 0 Å². The lowest BCUT2D eigenvalue weighted by molar-refractivity contribution is 0.567. The highest BCUT2D eigenvalue weighted by Gasteiger charge is 1.91. The molecule has 9 heavy (non-hydrogen) atoms. The van der Waals surface area contributed by atoms with E-state index in [9.17, 15) is 0 Å². The van der Waals surface area contributed by atoms with Crippen molar-refractivity contribution in [1.82, 2.24) is 5.32 Å². The molecule has 0 spiro atoms. The van der Waals surface area contributed by atoms with Gasteiger partial charge in [-0.2, -0.15) is 0 Å². The predicted molar refractivity (Wildman–Crippen MR) is 41.5 cm³/mol. The Kier molecular flexibility index (Phi) is 5.29. The molecule has 0 aromatic rings. The largest absolute Gasteiger partial charge is 0.310 e. The summed E-state index contributed by atoms with van der Waals surface area (Å²) >= 11 is 0. The molecular formula is C8H15N. The molecule has 0 bridgehead atoms. The molecule has 0 aliphatic rings. The maximum atomic E-state index is 3.46. The molecule has 0 unspecified atom stereocenters. The van der Waals surface area contributed by atoms with Gasteiger partial charge in [-0.3, -0.25) is 0 Å². The highest BCUT2D eigenvalue weighted by molar-refractivity contribution is 4.79. The van der Waals surface area contributed by atoms with Crippen LogP contribution >= 0.6 is 0 Å². The van der Waals surface area contributed by atoms with Crippen LogP contribution in [0.4, 0.5) is 0 Å². The first kappa shape index (κ1) is 8.48. The van der Waals surface area contributed by atoms with Gasteiger partial charge in [-0.25, -0.2) is 0 Å². The van der Waals surface area contributed by atoms with E-state index in [1.54, 1.807) is 0 Å². The van der Waals surface area contributed by atoms with Gasteiger partial charge in [-0.1, -0.05) is 13.5 Å². The Balaban J connectivity index is 3.16. The summed E-state index contributed by atoms with van der Waals surface area (Å²) in [6, 6.07) is 0.606. The van der Waals surface area contributed by atoms with Gasteiger partial charge >= 0.3 is 0 Å². The molecule has 1 atom stereocenters. The van der Waals surface area contributed by atoms with Crippen molar-refractivity contribution < 1.29 is 0 Å². The Hall–Kier alpha value is -0.520. The summed E-state index contributed by atoms with van der Waals surface area (Å²) in [7, 11) is 0. The highest BCUT2D eigenvalue weighted by Crippen LogP contribution is 1.85. The molecule has 0 aromatic carbocycles. The fraction of sp³-hybridized carbons (Fsp3) is 0.625. The van der Waals surface area contributed by atoms with Gasteiger partial charge in [0.25, 0.3) is 0 Å². The van der Waals surface area contributed by atoms with Crippen LogP contribution in [0.25, 0.3) is 0 Å². The summed E-state index contributed by atoms with van der Waals surface area (Å²) < 4.78 is 0.